The molecule has 5 heteroatoms. The fraction of sp³-hybridized carbons (Fsp3) is 0.0625. The van der Waals surface area contributed by atoms with Gasteiger partial charge in [-0.1, -0.05) is 30.3 Å². The van der Waals surface area contributed by atoms with Crippen LogP contribution in [0.3, 0.4) is 0 Å². The van der Waals surface area contributed by atoms with Crippen molar-refractivity contribution in [1.29, 1.82) is 0 Å². The Hall–Kier alpha value is -2.14. The maximum absolute atomic E-state index is 12.8. The van der Waals surface area contributed by atoms with Crippen LogP contribution in [0.25, 0.3) is 20.5 Å². The molecule has 0 atom stereocenters. The summed E-state index contributed by atoms with van der Waals surface area (Å²) in [6.07, 6.45) is -3.69. The van der Waals surface area contributed by atoms with Gasteiger partial charge >= 0.3 is 6.18 Å². The van der Waals surface area contributed by atoms with Crippen molar-refractivity contribution in [3.8, 4) is 10.4 Å². The van der Waals surface area contributed by atoms with Gasteiger partial charge in [0.1, 0.15) is 0 Å². The number of rotatable bonds is 2. The predicted octanol–water partition coefficient (Wildman–Crippen LogP) is 5.40. The Morgan fingerprint density at radius 1 is 1.00 bits per heavy atom. The van der Waals surface area contributed by atoms with Crippen LogP contribution in [0.2, 0.25) is 0 Å². The highest BCUT2D eigenvalue weighted by atomic mass is 32.1. The Labute approximate surface area is 122 Å². The van der Waals surface area contributed by atoms with Gasteiger partial charge in [-0.15, -0.1) is 11.3 Å². The Bertz CT molecular complexity index is 818. The largest absolute Gasteiger partial charge is 0.416 e. The van der Waals surface area contributed by atoms with E-state index in [2.05, 4.69) is 0 Å². The minimum absolute atomic E-state index is 0.410. The standard InChI is InChI=1S/C16H9F3OS/c17-16(18,19)11-5-3-4-10(8-11)15-13(9-20)12-6-1-2-7-14(12)21-15/h1-9H. The molecule has 21 heavy (non-hydrogen) atoms. The van der Waals surface area contributed by atoms with E-state index in [1.54, 1.807) is 18.2 Å². The first-order valence-corrected chi connectivity index (χ1v) is 6.96. The summed E-state index contributed by atoms with van der Waals surface area (Å²) in [7, 11) is 0. The van der Waals surface area contributed by atoms with Crippen LogP contribution >= 0.6 is 11.3 Å². The van der Waals surface area contributed by atoms with E-state index in [9.17, 15) is 18.0 Å². The molecular formula is C16H9F3OS. The number of carbonyl (C=O) groups is 1. The van der Waals surface area contributed by atoms with E-state index >= 15 is 0 Å². The normalized spacial score (nSPS) is 11.8. The Morgan fingerprint density at radius 3 is 2.48 bits per heavy atom. The first kappa shape index (κ1) is 13.8. The average molecular weight is 306 g/mol. The van der Waals surface area contributed by atoms with Crippen LogP contribution in [0.15, 0.2) is 48.5 Å². The van der Waals surface area contributed by atoms with E-state index in [0.717, 1.165) is 22.2 Å². The topological polar surface area (TPSA) is 17.1 Å². The first-order chi connectivity index (χ1) is 10.0. The highest BCUT2D eigenvalue weighted by molar-refractivity contribution is 7.22. The molecule has 106 valence electrons. The van der Waals surface area contributed by atoms with Crippen LogP contribution in [0, 0.1) is 0 Å². The number of aldehydes is 1. The van der Waals surface area contributed by atoms with Crippen molar-refractivity contribution in [3.05, 3.63) is 59.7 Å². The zero-order valence-corrected chi connectivity index (χ0v) is 11.5. The molecule has 2 aromatic carbocycles. The molecule has 1 heterocycles. The second kappa shape index (κ2) is 5.00. The summed E-state index contributed by atoms with van der Waals surface area (Å²) in [5, 5.41) is 0.768. The number of fused-ring (bicyclic) bond motifs is 1. The molecule has 0 aliphatic rings. The number of thiophene rings is 1. The van der Waals surface area contributed by atoms with Crippen LogP contribution < -0.4 is 0 Å². The summed E-state index contributed by atoms with van der Waals surface area (Å²) in [5.74, 6) is 0. The molecule has 3 aromatic rings. The molecule has 0 N–H and O–H groups in total. The third-order valence-corrected chi connectivity index (χ3v) is 4.44. The fourth-order valence-corrected chi connectivity index (χ4v) is 3.40. The van der Waals surface area contributed by atoms with Crippen molar-refractivity contribution in [3.63, 3.8) is 0 Å². The number of benzene rings is 2. The predicted molar refractivity (Wildman–Crippen MR) is 77.7 cm³/mol. The van der Waals surface area contributed by atoms with Crippen LogP contribution in [0.5, 0.6) is 0 Å². The van der Waals surface area contributed by atoms with Gasteiger partial charge in [0.15, 0.2) is 6.29 Å². The third-order valence-electron chi connectivity index (χ3n) is 3.20. The molecule has 3 rings (SSSR count). The molecule has 0 radical (unpaired) electrons. The summed E-state index contributed by atoms with van der Waals surface area (Å²) >= 11 is 1.32. The first-order valence-electron chi connectivity index (χ1n) is 6.15. The van der Waals surface area contributed by atoms with E-state index in [1.807, 2.05) is 12.1 Å². The summed E-state index contributed by atoms with van der Waals surface area (Å²) in [6.45, 7) is 0. The van der Waals surface area contributed by atoms with Gasteiger partial charge < -0.3 is 0 Å². The smallest absolute Gasteiger partial charge is 0.298 e. The number of hydrogen-bond acceptors (Lipinski definition) is 2. The van der Waals surface area contributed by atoms with E-state index in [-0.39, 0.29) is 0 Å². The fourth-order valence-electron chi connectivity index (χ4n) is 2.23. The van der Waals surface area contributed by atoms with Gasteiger partial charge in [-0.05, 0) is 23.8 Å². The Morgan fingerprint density at radius 2 is 1.76 bits per heavy atom. The molecule has 0 aliphatic heterocycles. The molecule has 1 nitrogen and oxygen atoms in total. The molecule has 0 saturated heterocycles. The molecule has 0 amide bonds. The zero-order valence-electron chi connectivity index (χ0n) is 10.6. The van der Waals surface area contributed by atoms with Crippen LogP contribution in [0.1, 0.15) is 15.9 Å². The quantitative estimate of drug-likeness (QED) is 0.579. The Balaban J connectivity index is 2.23. The second-order valence-corrected chi connectivity index (χ2v) is 5.59. The van der Waals surface area contributed by atoms with Crippen molar-refractivity contribution in [2.75, 3.05) is 0 Å². The van der Waals surface area contributed by atoms with Gasteiger partial charge in [0.25, 0.3) is 0 Å². The van der Waals surface area contributed by atoms with Gasteiger partial charge in [0.05, 0.1) is 5.56 Å². The molecule has 0 aliphatic carbocycles. The number of halogens is 3. The molecule has 1 aromatic heterocycles. The lowest BCUT2D eigenvalue weighted by atomic mass is 10.0. The van der Waals surface area contributed by atoms with Gasteiger partial charge in [-0.3, -0.25) is 4.79 Å². The molecule has 0 unspecified atom stereocenters. The highest BCUT2D eigenvalue weighted by Gasteiger charge is 2.30. The second-order valence-electron chi connectivity index (χ2n) is 4.54. The summed E-state index contributed by atoms with van der Waals surface area (Å²) in [5.41, 5.74) is 0.136. The minimum atomic E-state index is -4.39. The summed E-state index contributed by atoms with van der Waals surface area (Å²) < 4.78 is 39.3. The average Bonchev–Trinajstić information content (AvgIpc) is 2.85. The van der Waals surface area contributed by atoms with Crippen molar-refractivity contribution in [1.82, 2.24) is 0 Å². The van der Waals surface area contributed by atoms with Gasteiger partial charge in [-0.2, -0.15) is 13.2 Å². The van der Waals surface area contributed by atoms with Crippen LogP contribution in [-0.4, -0.2) is 6.29 Å². The molecule has 0 bridgehead atoms. The maximum atomic E-state index is 12.8. The Kier molecular flexibility index (Phi) is 3.29. The number of carbonyl (C=O) groups excluding carboxylic acids is 1. The number of hydrogen-bond donors (Lipinski definition) is 0. The number of alkyl halides is 3. The van der Waals surface area contributed by atoms with Crippen molar-refractivity contribution < 1.29 is 18.0 Å². The third kappa shape index (κ3) is 2.45. The maximum Gasteiger partial charge on any atom is 0.416 e. The summed E-state index contributed by atoms with van der Waals surface area (Å²) in [6, 6.07) is 12.3. The lowest BCUT2D eigenvalue weighted by Crippen LogP contribution is -2.04. The minimum Gasteiger partial charge on any atom is -0.298 e. The van der Waals surface area contributed by atoms with Crippen molar-refractivity contribution in [2.24, 2.45) is 0 Å². The van der Waals surface area contributed by atoms with E-state index < -0.39 is 11.7 Å². The van der Waals surface area contributed by atoms with Crippen LogP contribution in [0.4, 0.5) is 13.2 Å². The van der Waals surface area contributed by atoms with E-state index in [0.29, 0.717) is 22.3 Å². The molecule has 0 saturated carbocycles. The molecule has 0 fully saturated rings. The van der Waals surface area contributed by atoms with Gasteiger partial charge in [0.2, 0.25) is 0 Å². The van der Waals surface area contributed by atoms with Gasteiger partial charge in [0, 0.05) is 20.5 Å². The van der Waals surface area contributed by atoms with Crippen molar-refractivity contribution in [2.45, 2.75) is 6.18 Å². The molecule has 0 spiro atoms. The highest BCUT2D eigenvalue weighted by Crippen LogP contribution is 2.39. The van der Waals surface area contributed by atoms with E-state index in [1.165, 1.54) is 17.4 Å². The summed E-state index contributed by atoms with van der Waals surface area (Å²) in [4.78, 5) is 11.9. The zero-order chi connectivity index (χ0) is 15.0. The van der Waals surface area contributed by atoms with Crippen LogP contribution in [-0.2, 0) is 6.18 Å². The lowest BCUT2D eigenvalue weighted by molar-refractivity contribution is -0.137. The van der Waals surface area contributed by atoms with Gasteiger partial charge in [-0.25, -0.2) is 0 Å². The van der Waals surface area contributed by atoms with Crippen molar-refractivity contribution >= 4 is 27.7 Å². The monoisotopic (exact) mass is 306 g/mol. The molecular weight excluding hydrogens is 297 g/mol. The van der Waals surface area contributed by atoms with E-state index in [4.69, 9.17) is 0 Å². The lowest BCUT2D eigenvalue weighted by Gasteiger charge is -2.08. The SMILES string of the molecule is O=Cc1c(-c2cccc(C(F)(F)F)c2)sc2ccccc12.